The first-order valence-corrected chi connectivity index (χ1v) is 8.88. The van der Waals surface area contributed by atoms with Crippen molar-refractivity contribution in [2.75, 3.05) is 6.54 Å². The molecule has 0 aliphatic heterocycles. The van der Waals surface area contributed by atoms with Crippen molar-refractivity contribution in [3.8, 4) is 0 Å². The number of benzene rings is 1. The highest BCUT2D eigenvalue weighted by Crippen LogP contribution is 2.31. The Labute approximate surface area is 146 Å². The van der Waals surface area contributed by atoms with E-state index in [4.69, 9.17) is 4.42 Å². The Morgan fingerprint density at radius 2 is 2.04 bits per heavy atom. The lowest BCUT2D eigenvalue weighted by molar-refractivity contribution is 0.0946. The molecule has 2 aliphatic carbocycles. The first-order chi connectivity index (χ1) is 12.2. The lowest BCUT2D eigenvalue weighted by atomic mass is 10.2. The molecule has 0 atom stereocenters. The average molecular weight is 343 g/mol. The number of amides is 1. The Kier molecular flexibility index (Phi) is 4.53. The van der Waals surface area contributed by atoms with Crippen LogP contribution in [0.1, 0.15) is 47.6 Å². The summed E-state index contributed by atoms with van der Waals surface area (Å²) in [6, 6.07) is 7.12. The van der Waals surface area contributed by atoms with Gasteiger partial charge in [0.1, 0.15) is 12.1 Å². The molecule has 2 aliphatic rings. The number of hydrogen-bond donors (Lipinski definition) is 1. The summed E-state index contributed by atoms with van der Waals surface area (Å²) in [5.74, 6) is 0.790. The second kappa shape index (κ2) is 6.96. The van der Waals surface area contributed by atoms with Crippen LogP contribution in [0.3, 0.4) is 0 Å². The van der Waals surface area contributed by atoms with E-state index in [9.17, 15) is 9.18 Å². The predicted octanol–water partition coefficient (Wildman–Crippen LogP) is 3.12. The molecular formula is C19H22FN3O2. The topological polar surface area (TPSA) is 58.4 Å². The van der Waals surface area contributed by atoms with Crippen molar-refractivity contribution in [3.05, 3.63) is 53.5 Å². The maximum atomic E-state index is 14.0. The van der Waals surface area contributed by atoms with Crippen LogP contribution in [0.15, 0.2) is 34.9 Å². The van der Waals surface area contributed by atoms with Gasteiger partial charge in [-0.05, 0) is 37.7 Å². The summed E-state index contributed by atoms with van der Waals surface area (Å²) in [7, 11) is 0. The quantitative estimate of drug-likeness (QED) is 0.800. The normalized spacial score (nSPS) is 17.0. The lowest BCUT2D eigenvalue weighted by Crippen LogP contribution is -2.27. The summed E-state index contributed by atoms with van der Waals surface area (Å²) in [4.78, 5) is 18.5. The van der Waals surface area contributed by atoms with Crippen LogP contribution in [0, 0.1) is 11.7 Å². The van der Waals surface area contributed by atoms with Crippen LogP contribution in [-0.2, 0) is 13.1 Å². The Morgan fingerprint density at radius 1 is 1.24 bits per heavy atom. The summed E-state index contributed by atoms with van der Waals surface area (Å²) in [5.41, 5.74) is 0.987. The van der Waals surface area contributed by atoms with E-state index in [1.807, 2.05) is 6.07 Å². The van der Waals surface area contributed by atoms with Crippen molar-refractivity contribution < 1.29 is 13.6 Å². The minimum Gasteiger partial charge on any atom is -0.447 e. The molecule has 5 nitrogen and oxygen atoms in total. The van der Waals surface area contributed by atoms with Gasteiger partial charge in [-0.2, -0.15) is 0 Å². The molecular weight excluding hydrogens is 321 g/mol. The van der Waals surface area contributed by atoms with Crippen LogP contribution in [0.2, 0.25) is 0 Å². The molecule has 25 heavy (non-hydrogen) atoms. The Hall–Kier alpha value is -2.21. The van der Waals surface area contributed by atoms with Crippen molar-refractivity contribution in [1.29, 1.82) is 0 Å². The molecule has 1 heterocycles. The highest BCUT2D eigenvalue weighted by molar-refractivity contribution is 5.92. The second-order valence-corrected chi connectivity index (χ2v) is 7.08. The molecule has 1 amide bonds. The van der Waals surface area contributed by atoms with Gasteiger partial charge in [-0.15, -0.1) is 0 Å². The van der Waals surface area contributed by atoms with Gasteiger partial charge in [0.15, 0.2) is 5.69 Å². The van der Waals surface area contributed by atoms with Crippen molar-refractivity contribution in [3.63, 3.8) is 0 Å². The lowest BCUT2D eigenvalue weighted by Gasteiger charge is -2.20. The highest BCUT2D eigenvalue weighted by atomic mass is 19.1. The van der Waals surface area contributed by atoms with Gasteiger partial charge in [0.25, 0.3) is 5.91 Å². The summed E-state index contributed by atoms with van der Waals surface area (Å²) in [6.07, 6.45) is 5.91. The Bertz CT molecular complexity index is 753. The fourth-order valence-electron chi connectivity index (χ4n) is 2.88. The number of halogens is 1. The van der Waals surface area contributed by atoms with E-state index in [1.54, 1.807) is 12.1 Å². The molecule has 0 bridgehead atoms. The molecule has 0 spiro atoms. The van der Waals surface area contributed by atoms with Crippen molar-refractivity contribution in [1.82, 2.24) is 15.2 Å². The van der Waals surface area contributed by atoms with Crippen LogP contribution in [0.4, 0.5) is 4.39 Å². The standard InChI is InChI=1S/C19H22FN3O2/c20-16-4-2-1-3-14(16)10-23(9-13-5-6-13)11-18-22-17(12-25-18)19(24)21-15-7-8-15/h1-4,12-13,15H,5-11H2,(H,21,24). The summed E-state index contributed by atoms with van der Waals surface area (Å²) in [5, 5.41) is 2.90. The van der Waals surface area contributed by atoms with Gasteiger partial charge < -0.3 is 9.73 Å². The number of nitrogens with zero attached hydrogens (tertiary/aromatic N) is 2. The fourth-order valence-corrected chi connectivity index (χ4v) is 2.88. The third kappa shape index (κ3) is 4.45. The molecule has 2 fully saturated rings. The second-order valence-electron chi connectivity index (χ2n) is 7.08. The van der Waals surface area contributed by atoms with E-state index in [0.29, 0.717) is 42.2 Å². The number of hydrogen-bond acceptors (Lipinski definition) is 4. The number of carbonyl (C=O) groups is 1. The molecule has 1 aromatic carbocycles. The van der Waals surface area contributed by atoms with Gasteiger partial charge in [-0.3, -0.25) is 9.69 Å². The van der Waals surface area contributed by atoms with E-state index >= 15 is 0 Å². The number of rotatable bonds is 8. The molecule has 1 N–H and O–H groups in total. The monoisotopic (exact) mass is 343 g/mol. The van der Waals surface area contributed by atoms with Crippen LogP contribution < -0.4 is 5.32 Å². The minimum atomic E-state index is -0.194. The van der Waals surface area contributed by atoms with Gasteiger partial charge in [-0.25, -0.2) is 9.37 Å². The predicted molar refractivity (Wildman–Crippen MR) is 90.2 cm³/mol. The van der Waals surface area contributed by atoms with Crippen LogP contribution in [-0.4, -0.2) is 28.4 Å². The van der Waals surface area contributed by atoms with E-state index in [1.165, 1.54) is 25.2 Å². The third-order valence-electron chi connectivity index (χ3n) is 4.62. The van der Waals surface area contributed by atoms with Crippen molar-refractivity contribution >= 4 is 5.91 Å². The third-order valence-corrected chi connectivity index (χ3v) is 4.62. The molecule has 0 radical (unpaired) electrons. The van der Waals surface area contributed by atoms with E-state index in [2.05, 4.69) is 15.2 Å². The van der Waals surface area contributed by atoms with Gasteiger partial charge in [0.05, 0.1) is 6.54 Å². The highest BCUT2D eigenvalue weighted by Gasteiger charge is 2.27. The van der Waals surface area contributed by atoms with Gasteiger partial charge in [0, 0.05) is 24.7 Å². The van der Waals surface area contributed by atoms with Crippen LogP contribution in [0.25, 0.3) is 0 Å². The van der Waals surface area contributed by atoms with Gasteiger partial charge >= 0.3 is 0 Å². The number of nitrogens with one attached hydrogen (secondary N) is 1. The summed E-state index contributed by atoms with van der Waals surface area (Å²) >= 11 is 0. The number of oxazole rings is 1. The molecule has 0 unspecified atom stereocenters. The van der Waals surface area contributed by atoms with Crippen LogP contribution >= 0.6 is 0 Å². The van der Waals surface area contributed by atoms with Gasteiger partial charge in [-0.1, -0.05) is 18.2 Å². The molecule has 2 saturated carbocycles. The first-order valence-electron chi connectivity index (χ1n) is 8.88. The molecule has 132 valence electrons. The SMILES string of the molecule is O=C(NC1CC1)c1coc(CN(Cc2ccccc2F)CC2CC2)n1. The average Bonchev–Trinajstić information content (AvgIpc) is 3.51. The molecule has 4 rings (SSSR count). The van der Waals surface area contributed by atoms with Crippen LogP contribution in [0.5, 0.6) is 0 Å². The van der Waals surface area contributed by atoms with Crippen molar-refractivity contribution in [2.45, 2.75) is 44.8 Å². The smallest absolute Gasteiger partial charge is 0.273 e. The summed E-state index contributed by atoms with van der Waals surface area (Å²) in [6.45, 7) is 1.87. The van der Waals surface area contributed by atoms with E-state index < -0.39 is 0 Å². The molecule has 2 aromatic rings. The zero-order valence-electron chi connectivity index (χ0n) is 14.1. The minimum absolute atomic E-state index is 0.180. The Morgan fingerprint density at radius 3 is 2.76 bits per heavy atom. The van der Waals surface area contributed by atoms with Crippen molar-refractivity contribution in [2.24, 2.45) is 5.92 Å². The maximum absolute atomic E-state index is 14.0. The van der Waals surface area contributed by atoms with E-state index in [0.717, 1.165) is 19.4 Å². The fraction of sp³-hybridized carbons (Fsp3) is 0.474. The zero-order valence-corrected chi connectivity index (χ0v) is 14.1. The summed E-state index contributed by atoms with van der Waals surface area (Å²) < 4.78 is 19.4. The molecule has 1 aromatic heterocycles. The zero-order chi connectivity index (χ0) is 17.2. The van der Waals surface area contributed by atoms with E-state index in [-0.39, 0.29) is 11.7 Å². The molecule has 0 saturated heterocycles. The van der Waals surface area contributed by atoms with Gasteiger partial charge in [0.2, 0.25) is 5.89 Å². The largest absolute Gasteiger partial charge is 0.447 e. The Balaban J connectivity index is 1.42. The number of carbonyl (C=O) groups excluding carboxylic acids is 1. The first kappa shape index (κ1) is 16.3. The maximum Gasteiger partial charge on any atom is 0.273 e. The number of aromatic nitrogens is 1. The molecule has 6 heteroatoms.